The molecule has 0 saturated carbocycles. The molecule has 4 fully saturated rings. The predicted octanol–water partition coefficient (Wildman–Crippen LogP) is 0.860. The van der Waals surface area contributed by atoms with Crippen molar-refractivity contribution in [2.24, 2.45) is 5.92 Å². The lowest BCUT2D eigenvalue weighted by Crippen LogP contribution is -2.67. The second-order valence-corrected chi connectivity index (χ2v) is 11.4. The van der Waals surface area contributed by atoms with E-state index in [1.807, 2.05) is 0 Å². The van der Waals surface area contributed by atoms with E-state index in [1.54, 1.807) is 11.8 Å². The summed E-state index contributed by atoms with van der Waals surface area (Å²) >= 11 is 0. The number of H-pyrrole nitrogens is 1. The smallest absolute Gasteiger partial charge is 0.280 e. The van der Waals surface area contributed by atoms with Crippen LogP contribution >= 0.6 is 0 Å². The van der Waals surface area contributed by atoms with E-state index in [1.165, 1.54) is 16.5 Å². The van der Waals surface area contributed by atoms with Gasteiger partial charge in [-0.25, -0.2) is 0 Å². The lowest BCUT2D eigenvalue weighted by atomic mass is 9.72. The molecule has 7 rings (SSSR count). The molecule has 4 aliphatic heterocycles. The van der Waals surface area contributed by atoms with Crippen molar-refractivity contribution in [3.63, 3.8) is 0 Å². The molecule has 1 aromatic heterocycles. The molecule has 5 aliphatic rings. The number of carbonyl (C=O) groups is 3. The highest BCUT2D eigenvalue weighted by molar-refractivity contribution is 5.96. The quantitative estimate of drug-likeness (QED) is 0.567. The Hall–Kier alpha value is -2.95. The molecule has 3 N–H and O–H groups in total. The van der Waals surface area contributed by atoms with E-state index < -0.39 is 23.6 Å². The number of fused-ring (bicyclic) bond motifs is 5. The van der Waals surface area contributed by atoms with Gasteiger partial charge in [0.2, 0.25) is 17.5 Å². The lowest BCUT2D eigenvalue weighted by Gasteiger charge is -2.45. The molecule has 1 aliphatic carbocycles. The number of aromatic amines is 1. The van der Waals surface area contributed by atoms with Gasteiger partial charge in [0.25, 0.3) is 11.8 Å². The van der Waals surface area contributed by atoms with Crippen LogP contribution in [0.1, 0.15) is 49.7 Å². The summed E-state index contributed by atoms with van der Waals surface area (Å²) < 4.78 is 6.13. The number of carbonyl (C=O) groups excluding carboxylic acids is 3. The van der Waals surface area contributed by atoms with E-state index in [2.05, 4.69) is 46.6 Å². The monoisotopic (exact) mass is 507 g/mol. The number of piperazine rings is 1. The number of likely N-dealkylation sites (tertiary alicyclic amines) is 1. The van der Waals surface area contributed by atoms with Gasteiger partial charge in [0.05, 0.1) is 5.92 Å². The number of aromatic nitrogens is 1. The summed E-state index contributed by atoms with van der Waals surface area (Å²) in [5, 5.41) is 15.7. The van der Waals surface area contributed by atoms with Gasteiger partial charge in [0.15, 0.2) is 0 Å². The maximum absolute atomic E-state index is 13.8. The molecule has 37 heavy (non-hydrogen) atoms. The van der Waals surface area contributed by atoms with Crippen molar-refractivity contribution >= 4 is 28.6 Å². The standard InChI is InChI=1S/C27H33N5O5/c1-3-26(25(35)32-14-22(33)31-9-5-8-21(31)27(32,36)37-26)29-24(34)16-10-18-17-6-4-7-19-23(17)15(12-28-19)11-20(18)30(2)13-16/h4,6-7,12,16,18,20-21,28,36H,3,5,8-11,13-14H2,1-2H3,(H,29,34)/t16-,18?,20-,21+,26-,27?/m1/s1. The average Bonchev–Trinajstić information content (AvgIpc) is 3.59. The summed E-state index contributed by atoms with van der Waals surface area (Å²) in [6, 6.07) is 5.99. The molecular weight excluding hydrogens is 474 g/mol. The molecule has 10 heteroatoms. The molecular formula is C27H33N5O5. The number of hydrogen-bond acceptors (Lipinski definition) is 6. The van der Waals surface area contributed by atoms with Gasteiger partial charge in [0, 0.05) is 48.6 Å². The Morgan fingerprint density at radius 1 is 1.32 bits per heavy atom. The Kier molecular flexibility index (Phi) is 4.88. The van der Waals surface area contributed by atoms with Gasteiger partial charge >= 0.3 is 0 Å². The predicted molar refractivity (Wildman–Crippen MR) is 133 cm³/mol. The number of rotatable bonds is 3. The zero-order valence-corrected chi connectivity index (χ0v) is 21.2. The maximum Gasteiger partial charge on any atom is 0.280 e. The first-order valence-electron chi connectivity index (χ1n) is 13.4. The average molecular weight is 508 g/mol. The number of aliphatic hydroxyl groups is 1. The highest BCUT2D eigenvalue weighted by atomic mass is 16.7. The van der Waals surface area contributed by atoms with Gasteiger partial charge in [-0.2, -0.15) is 0 Å². The Labute approximate surface area is 214 Å². The molecule has 6 atom stereocenters. The first-order valence-corrected chi connectivity index (χ1v) is 13.4. The van der Waals surface area contributed by atoms with E-state index in [-0.39, 0.29) is 36.6 Å². The molecule has 1 aromatic carbocycles. The number of piperidine rings is 1. The summed E-state index contributed by atoms with van der Waals surface area (Å²) in [4.78, 5) is 48.4. The van der Waals surface area contributed by atoms with Crippen LogP contribution in [0.5, 0.6) is 0 Å². The molecule has 196 valence electrons. The molecule has 0 bridgehead atoms. The van der Waals surface area contributed by atoms with Gasteiger partial charge in [-0.15, -0.1) is 0 Å². The van der Waals surface area contributed by atoms with Crippen molar-refractivity contribution in [1.29, 1.82) is 0 Å². The number of nitrogens with one attached hydrogen (secondary N) is 2. The molecule has 0 spiro atoms. The minimum absolute atomic E-state index is 0.151. The van der Waals surface area contributed by atoms with Crippen molar-refractivity contribution in [3.8, 4) is 0 Å². The maximum atomic E-state index is 13.8. The highest BCUT2D eigenvalue weighted by Gasteiger charge is 2.68. The lowest BCUT2D eigenvalue weighted by molar-refractivity contribution is -0.310. The van der Waals surface area contributed by atoms with Gasteiger partial charge in [0.1, 0.15) is 12.6 Å². The third-order valence-electron chi connectivity index (χ3n) is 9.52. The molecule has 2 aromatic rings. The Balaban J connectivity index is 1.16. The zero-order valence-electron chi connectivity index (χ0n) is 21.2. The minimum Gasteiger partial charge on any atom is -0.361 e. The van der Waals surface area contributed by atoms with Crippen LogP contribution < -0.4 is 5.32 Å². The molecule has 2 unspecified atom stereocenters. The molecule has 10 nitrogen and oxygen atoms in total. The molecule has 3 amide bonds. The Morgan fingerprint density at radius 2 is 2.16 bits per heavy atom. The van der Waals surface area contributed by atoms with Crippen molar-refractivity contribution in [1.82, 2.24) is 25.0 Å². The van der Waals surface area contributed by atoms with Crippen molar-refractivity contribution in [2.75, 3.05) is 26.7 Å². The van der Waals surface area contributed by atoms with Crippen LogP contribution in [0.4, 0.5) is 0 Å². The van der Waals surface area contributed by atoms with Gasteiger partial charge in [-0.1, -0.05) is 19.1 Å². The van der Waals surface area contributed by atoms with Crippen molar-refractivity contribution in [2.45, 2.75) is 68.7 Å². The fourth-order valence-corrected chi connectivity index (χ4v) is 7.66. The second-order valence-electron chi connectivity index (χ2n) is 11.4. The van der Waals surface area contributed by atoms with Crippen LogP contribution in [0.3, 0.4) is 0 Å². The van der Waals surface area contributed by atoms with Gasteiger partial charge in [-0.3, -0.25) is 24.0 Å². The molecule has 0 radical (unpaired) electrons. The first-order chi connectivity index (χ1) is 17.8. The van der Waals surface area contributed by atoms with Crippen LogP contribution in [0.2, 0.25) is 0 Å². The first kappa shape index (κ1) is 23.2. The van der Waals surface area contributed by atoms with Crippen LogP contribution in [0, 0.1) is 5.92 Å². The van der Waals surface area contributed by atoms with E-state index >= 15 is 0 Å². The fraction of sp³-hybridized carbons (Fsp3) is 0.593. The van der Waals surface area contributed by atoms with E-state index in [4.69, 9.17) is 4.74 Å². The number of nitrogens with zero attached hydrogens (tertiary/aromatic N) is 3. The largest absolute Gasteiger partial charge is 0.361 e. The van der Waals surface area contributed by atoms with Crippen LogP contribution in [-0.2, 0) is 25.5 Å². The summed E-state index contributed by atoms with van der Waals surface area (Å²) in [6.45, 7) is 2.61. The molecule has 5 heterocycles. The van der Waals surface area contributed by atoms with Gasteiger partial charge in [-0.05, 0) is 49.9 Å². The summed E-state index contributed by atoms with van der Waals surface area (Å²) in [6.07, 6.45) is 5.13. The minimum atomic E-state index is -1.93. The molecule has 4 saturated heterocycles. The topological polar surface area (TPSA) is 118 Å². The Morgan fingerprint density at radius 3 is 2.97 bits per heavy atom. The summed E-state index contributed by atoms with van der Waals surface area (Å²) in [5.74, 6) is -3.09. The van der Waals surface area contributed by atoms with Crippen molar-refractivity contribution < 1.29 is 24.2 Å². The SMILES string of the molecule is CC[C@@]1(NC(=O)[C@@H]2CC3c4cccc5[nH]cc(c45)C[C@H]3N(C)C2)OC2(O)[C@@H]3CCCN3C(=O)CN2C1=O. The summed E-state index contributed by atoms with van der Waals surface area (Å²) in [7, 11) is 2.06. The normalized spacial score (nSPS) is 37.1. The third kappa shape index (κ3) is 3.06. The zero-order chi connectivity index (χ0) is 25.7. The summed E-state index contributed by atoms with van der Waals surface area (Å²) in [5.41, 5.74) is 2.01. The van der Waals surface area contributed by atoms with E-state index in [9.17, 15) is 19.5 Å². The second kappa shape index (κ2) is 7.78. The van der Waals surface area contributed by atoms with Crippen LogP contribution in [-0.4, -0.2) is 92.9 Å². The fourth-order valence-electron chi connectivity index (χ4n) is 7.66. The van der Waals surface area contributed by atoms with Crippen LogP contribution in [0.15, 0.2) is 24.4 Å². The number of likely N-dealkylation sites (N-methyl/N-ethyl adjacent to an activating group) is 1. The number of ether oxygens (including phenoxy) is 1. The van der Waals surface area contributed by atoms with Crippen molar-refractivity contribution in [3.05, 3.63) is 35.5 Å². The number of hydrogen-bond donors (Lipinski definition) is 3. The van der Waals surface area contributed by atoms with Crippen LogP contribution in [0.25, 0.3) is 10.9 Å². The highest BCUT2D eigenvalue weighted by Crippen LogP contribution is 2.46. The van der Waals surface area contributed by atoms with E-state index in [0.29, 0.717) is 32.0 Å². The number of amides is 3. The third-order valence-corrected chi connectivity index (χ3v) is 9.52. The Bertz CT molecular complexity index is 1330. The number of benzene rings is 1. The van der Waals surface area contributed by atoms with Gasteiger partial charge < -0.3 is 25.2 Å². The van der Waals surface area contributed by atoms with E-state index in [0.717, 1.165) is 23.3 Å².